The second-order valence-electron chi connectivity index (χ2n) is 5.86. The number of aromatic nitrogens is 1. The smallest absolute Gasteiger partial charge is 0.304 e. The van der Waals surface area contributed by atoms with Crippen LogP contribution in [0, 0.1) is 0 Å². The van der Waals surface area contributed by atoms with Crippen molar-refractivity contribution in [2.24, 2.45) is 0 Å². The summed E-state index contributed by atoms with van der Waals surface area (Å²) >= 11 is 0. The van der Waals surface area contributed by atoms with Gasteiger partial charge in [-0.25, -0.2) is 0 Å². The van der Waals surface area contributed by atoms with E-state index in [4.69, 9.17) is 0 Å². The highest BCUT2D eigenvalue weighted by molar-refractivity contribution is 5.85. The third-order valence-electron chi connectivity index (χ3n) is 4.36. The van der Waals surface area contributed by atoms with Crippen molar-refractivity contribution in [1.29, 1.82) is 0 Å². The van der Waals surface area contributed by atoms with Gasteiger partial charge in [0.1, 0.15) is 0 Å². The van der Waals surface area contributed by atoms with E-state index in [1.54, 1.807) is 0 Å². The molecule has 0 spiro atoms. The predicted molar refractivity (Wildman–Crippen MR) is 75.5 cm³/mol. The van der Waals surface area contributed by atoms with Gasteiger partial charge in [0, 0.05) is 22.0 Å². The maximum Gasteiger partial charge on any atom is 0.304 e. The zero-order valence-corrected chi connectivity index (χ0v) is 11.2. The normalized spacial score (nSPS) is 23.0. The first kappa shape index (κ1) is 12.3. The van der Waals surface area contributed by atoms with Crippen molar-refractivity contribution in [3.63, 3.8) is 0 Å². The number of rotatable bonds is 2. The zero-order chi connectivity index (χ0) is 13.5. The van der Waals surface area contributed by atoms with Crippen molar-refractivity contribution in [2.75, 3.05) is 0 Å². The summed E-state index contributed by atoms with van der Waals surface area (Å²) in [5, 5.41) is 10.5. The van der Waals surface area contributed by atoms with Crippen molar-refractivity contribution < 1.29 is 9.90 Å². The molecule has 0 saturated heterocycles. The van der Waals surface area contributed by atoms with Crippen LogP contribution in [0.2, 0.25) is 0 Å². The highest BCUT2D eigenvalue weighted by atomic mass is 16.4. The van der Waals surface area contributed by atoms with Gasteiger partial charge in [0.2, 0.25) is 0 Å². The third-order valence-corrected chi connectivity index (χ3v) is 4.36. The van der Waals surface area contributed by atoms with Crippen molar-refractivity contribution in [2.45, 2.75) is 44.4 Å². The summed E-state index contributed by atoms with van der Waals surface area (Å²) in [6.45, 7) is 2.08. The molecule has 1 aliphatic carbocycles. The Labute approximate surface area is 112 Å². The van der Waals surface area contributed by atoms with Crippen molar-refractivity contribution in [1.82, 2.24) is 4.98 Å². The molecule has 0 amide bonds. The second-order valence-corrected chi connectivity index (χ2v) is 5.86. The lowest BCUT2D eigenvalue weighted by molar-refractivity contribution is -0.138. The average molecular weight is 257 g/mol. The molecule has 0 bridgehead atoms. The van der Waals surface area contributed by atoms with Gasteiger partial charge in [0.15, 0.2) is 0 Å². The van der Waals surface area contributed by atoms with Gasteiger partial charge in [-0.2, -0.15) is 0 Å². The third kappa shape index (κ3) is 2.03. The van der Waals surface area contributed by atoms with E-state index in [2.05, 4.69) is 30.1 Å². The Kier molecular flexibility index (Phi) is 2.85. The minimum Gasteiger partial charge on any atom is -0.481 e. The van der Waals surface area contributed by atoms with Crippen molar-refractivity contribution in [3.8, 4) is 0 Å². The topological polar surface area (TPSA) is 53.1 Å². The first-order chi connectivity index (χ1) is 9.10. The summed E-state index contributed by atoms with van der Waals surface area (Å²) in [7, 11) is 0. The van der Waals surface area contributed by atoms with Crippen LogP contribution in [0.25, 0.3) is 10.9 Å². The molecule has 0 fully saturated rings. The van der Waals surface area contributed by atoms with Gasteiger partial charge in [-0.05, 0) is 30.9 Å². The fraction of sp³-hybridized carbons (Fsp3) is 0.438. The summed E-state index contributed by atoms with van der Waals surface area (Å²) in [5.74, 6) is -0.714. The molecule has 3 rings (SSSR count). The maximum atomic E-state index is 11.2. The Morgan fingerprint density at radius 2 is 2.16 bits per heavy atom. The minimum atomic E-state index is -0.714. The number of hydrogen-bond donors (Lipinski definition) is 2. The largest absolute Gasteiger partial charge is 0.481 e. The summed E-state index contributed by atoms with van der Waals surface area (Å²) in [5.41, 5.74) is 3.34. The first-order valence-electron chi connectivity index (χ1n) is 6.92. The Bertz CT molecular complexity index is 629. The van der Waals surface area contributed by atoms with E-state index < -0.39 is 5.97 Å². The summed E-state index contributed by atoms with van der Waals surface area (Å²) in [6, 6.07) is 8.28. The lowest BCUT2D eigenvalue weighted by Gasteiger charge is -2.26. The molecule has 100 valence electrons. The van der Waals surface area contributed by atoms with E-state index in [1.807, 2.05) is 6.07 Å². The van der Waals surface area contributed by atoms with Crippen LogP contribution in [-0.2, 0) is 16.6 Å². The fourth-order valence-electron chi connectivity index (χ4n) is 3.43. The molecular formula is C16H19NO2. The Balaban J connectivity index is 2.19. The van der Waals surface area contributed by atoms with E-state index in [-0.39, 0.29) is 11.8 Å². The number of fused-ring (bicyclic) bond motifs is 3. The molecule has 3 heteroatoms. The molecule has 0 aliphatic heterocycles. The van der Waals surface area contributed by atoms with Gasteiger partial charge in [0.05, 0.1) is 6.42 Å². The molecule has 0 radical (unpaired) electrons. The van der Waals surface area contributed by atoms with Crippen LogP contribution < -0.4 is 0 Å². The maximum absolute atomic E-state index is 11.2. The number of benzene rings is 1. The molecule has 2 N–H and O–H groups in total. The molecule has 3 nitrogen and oxygen atoms in total. The molecule has 1 aromatic carbocycles. The Hall–Kier alpha value is -1.77. The summed E-state index contributed by atoms with van der Waals surface area (Å²) < 4.78 is 0. The number of carboxylic acid groups (broad SMARTS) is 1. The van der Waals surface area contributed by atoms with E-state index in [1.165, 1.54) is 10.9 Å². The summed E-state index contributed by atoms with van der Waals surface area (Å²) in [6.07, 6.45) is 4.44. The lowest BCUT2D eigenvalue weighted by Crippen LogP contribution is -2.26. The quantitative estimate of drug-likeness (QED) is 0.807. The van der Waals surface area contributed by atoms with Crippen molar-refractivity contribution in [3.05, 3.63) is 35.5 Å². The lowest BCUT2D eigenvalue weighted by atomic mass is 9.79. The number of aryl methyl sites for hydroxylation is 1. The number of carboxylic acids is 1. The SMILES string of the molecule is C[C@]1(CC(=O)O)CCCCc2c1[nH]c1ccccc21. The van der Waals surface area contributed by atoms with Crippen LogP contribution in [0.5, 0.6) is 0 Å². The number of hydrogen-bond acceptors (Lipinski definition) is 1. The summed E-state index contributed by atoms with van der Waals surface area (Å²) in [4.78, 5) is 14.7. The molecule has 2 aromatic rings. The molecule has 0 unspecified atom stereocenters. The van der Waals surface area contributed by atoms with Crippen LogP contribution in [0.4, 0.5) is 0 Å². The molecular weight excluding hydrogens is 238 g/mol. The number of carbonyl (C=O) groups is 1. The predicted octanol–water partition coefficient (Wildman–Crippen LogP) is 3.63. The van der Waals surface area contributed by atoms with Crippen LogP contribution >= 0.6 is 0 Å². The van der Waals surface area contributed by atoms with E-state index >= 15 is 0 Å². The van der Waals surface area contributed by atoms with Crippen LogP contribution in [0.3, 0.4) is 0 Å². The van der Waals surface area contributed by atoms with Gasteiger partial charge < -0.3 is 10.1 Å². The Morgan fingerprint density at radius 3 is 2.95 bits per heavy atom. The average Bonchev–Trinajstić information content (AvgIpc) is 2.66. The van der Waals surface area contributed by atoms with E-state index in [0.717, 1.165) is 36.9 Å². The number of para-hydroxylation sites is 1. The second kappa shape index (κ2) is 4.41. The highest BCUT2D eigenvalue weighted by Gasteiger charge is 2.35. The molecule has 19 heavy (non-hydrogen) atoms. The van der Waals surface area contributed by atoms with Gasteiger partial charge >= 0.3 is 5.97 Å². The van der Waals surface area contributed by atoms with Gasteiger partial charge in [-0.1, -0.05) is 31.5 Å². The van der Waals surface area contributed by atoms with Crippen LogP contribution in [-0.4, -0.2) is 16.1 Å². The van der Waals surface area contributed by atoms with Gasteiger partial charge in [-0.15, -0.1) is 0 Å². The van der Waals surface area contributed by atoms with Crippen LogP contribution in [0.15, 0.2) is 24.3 Å². The minimum absolute atomic E-state index is 0.201. The van der Waals surface area contributed by atoms with E-state index in [0.29, 0.717) is 0 Å². The Morgan fingerprint density at radius 1 is 1.37 bits per heavy atom. The molecule has 0 saturated carbocycles. The molecule has 1 aliphatic rings. The molecule has 1 aromatic heterocycles. The number of H-pyrrole nitrogens is 1. The van der Waals surface area contributed by atoms with Gasteiger partial charge in [-0.3, -0.25) is 4.79 Å². The van der Waals surface area contributed by atoms with E-state index in [9.17, 15) is 9.90 Å². The molecule has 1 atom stereocenters. The standard InChI is InChI=1S/C16H19NO2/c1-16(10-14(18)19)9-5-4-7-12-11-6-2-3-8-13(11)17-15(12)16/h2-3,6,8,17H,4-5,7,9-10H2,1H3,(H,18,19)/t16-/m1/s1. The number of aromatic amines is 1. The monoisotopic (exact) mass is 257 g/mol. The highest BCUT2D eigenvalue weighted by Crippen LogP contribution is 2.41. The number of nitrogens with one attached hydrogen (secondary N) is 1. The van der Waals surface area contributed by atoms with Crippen molar-refractivity contribution >= 4 is 16.9 Å². The van der Waals surface area contributed by atoms with Gasteiger partial charge in [0.25, 0.3) is 0 Å². The zero-order valence-electron chi connectivity index (χ0n) is 11.2. The fourth-order valence-corrected chi connectivity index (χ4v) is 3.43. The molecule has 1 heterocycles. The van der Waals surface area contributed by atoms with Crippen LogP contribution in [0.1, 0.15) is 43.9 Å². The first-order valence-corrected chi connectivity index (χ1v) is 6.92. The number of aliphatic carboxylic acids is 1.